The number of nitrogens with one attached hydrogen (secondary N) is 1. The molecule has 1 aromatic rings. The predicted molar refractivity (Wildman–Crippen MR) is 58.7 cm³/mol. The first-order chi connectivity index (χ1) is 8.43. The molecular formula is C12H9F2NO3. The molecule has 0 aliphatic rings. The molecular weight excluding hydrogens is 244 g/mol. The Labute approximate surface area is 102 Å². The van der Waals surface area contributed by atoms with Gasteiger partial charge >= 0.3 is 5.97 Å². The summed E-state index contributed by atoms with van der Waals surface area (Å²) in [5.41, 5.74) is -0.309. The van der Waals surface area contributed by atoms with Gasteiger partial charge in [-0.3, -0.25) is 4.79 Å². The summed E-state index contributed by atoms with van der Waals surface area (Å²) >= 11 is 0. The van der Waals surface area contributed by atoms with Crippen LogP contribution in [0.15, 0.2) is 18.2 Å². The second-order valence-electron chi connectivity index (χ2n) is 3.43. The Hall–Kier alpha value is -2.42. The molecule has 0 fully saturated rings. The molecule has 0 saturated carbocycles. The molecule has 0 saturated heterocycles. The van der Waals surface area contributed by atoms with Crippen LogP contribution >= 0.6 is 0 Å². The summed E-state index contributed by atoms with van der Waals surface area (Å²) in [5, 5.41) is 10.8. The molecule has 0 spiro atoms. The van der Waals surface area contributed by atoms with E-state index in [9.17, 15) is 18.4 Å². The fourth-order valence-electron chi connectivity index (χ4n) is 1.24. The van der Waals surface area contributed by atoms with Crippen molar-refractivity contribution >= 4 is 11.9 Å². The van der Waals surface area contributed by atoms with E-state index in [2.05, 4.69) is 11.2 Å². The molecule has 1 rings (SSSR count). The Morgan fingerprint density at radius 2 is 1.89 bits per heavy atom. The Balaban J connectivity index is 2.87. The van der Waals surface area contributed by atoms with Crippen LogP contribution in [0.25, 0.3) is 0 Å². The van der Waals surface area contributed by atoms with Crippen molar-refractivity contribution in [2.45, 2.75) is 12.5 Å². The monoisotopic (exact) mass is 253 g/mol. The van der Waals surface area contributed by atoms with Crippen LogP contribution in [0.3, 0.4) is 0 Å². The molecule has 1 atom stereocenters. The van der Waals surface area contributed by atoms with Crippen molar-refractivity contribution in [1.82, 2.24) is 5.32 Å². The lowest BCUT2D eigenvalue weighted by Gasteiger charge is -2.11. The highest BCUT2D eigenvalue weighted by Gasteiger charge is 2.20. The number of aliphatic carboxylic acids is 1. The van der Waals surface area contributed by atoms with E-state index in [0.29, 0.717) is 6.07 Å². The van der Waals surface area contributed by atoms with E-state index in [1.54, 1.807) is 0 Å². The first kappa shape index (κ1) is 13.6. The number of amides is 1. The minimum absolute atomic E-state index is 0.223. The highest BCUT2D eigenvalue weighted by Crippen LogP contribution is 2.08. The number of carbonyl (C=O) groups is 2. The average molecular weight is 253 g/mol. The fraction of sp³-hybridized carbons (Fsp3) is 0.167. The summed E-state index contributed by atoms with van der Waals surface area (Å²) in [7, 11) is 0. The summed E-state index contributed by atoms with van der Waals surface area (Å²) < 4.78 is 25.7. The summed E-state index contributed by atoms with van der Waals surface area (Å²) in [4.78, 5) is 22.3. The maximum Gasteiger partial charge on any atom is 0.327 e. The van der Waals surface area contributed by atoms with Gasteiger partial charge in [-0.15, -0.1) is 12.3 Å². The molecule has 2 N–H and O–H groups in total. The van der Waals surface area contributed by atoms with Crippen LogP contribution in [-0.4, -0.2) is 23.0 Å². The van der Waals surface area contributed by atoms with Crippen molar-refractivity contribution in [1.29, 1.82) is 0 Å². The lowest BCUT2D eigenvalue weighted by molar-refractivity contribution is -0.139. The summed E-state index contributed by atoms with van der Waals surface area (Å²) in [5.74, 6) is -2.00. The van der Waals surface area contributed by atoms with Gasteiger partial charge in [-0.1, -0.05) is 0 Å². The first-order valence-corrected chi connectivity index (χ1v) is 4.87. The van der Waals surface area contributed by atoms with Crippen LogP contribution in [0.4, 0.5) is 8.78 Å². The van der Waals surface area contributed by atoms with Gasteiger partial charge in [-0.25, -0.2) is 13.6 Å². The molecule has 0 aromatic heterocycles. The van der Waals surface area contributed by atoms with Gasteiger partial charge in [-0.2, -0.15) is 0 Å². The second-order valence-corrected chi connectivity index (χ2v) is 3.43. The van der Waals surface area contributed by atoms with E-state index in [1.807, 2.05) is 0 Å². The van der Waals surface area contributed by atoms with Crippen molar-refractivity contribution in [2.75, 3.05) is 0 Å². The molecule has 0 aliphatic carbocycles. The Bertz CT molecular complexity index is 502. The number of hydrogen-bond acceptors (Lipinski definition) is 2. The lowest BCUT2D eigenvalue weighted by Crippen LogP contribution is -2.40. The number of carbonyl (C=O) groups excluding carboxylic acids is 1. The minimum atomic E-state index is -1.32. The van der Waals surface area contributed by atoms with Crippen molar-refractivity contribution in [3.63, 3.8) is 0 Å². The van der Waals surface area contributed by atoms with Crippen molar-refractivity contribution < 1.29 is 23.5 Å². The third-order valence-corrected chi connectivity index (χ3v) is 2.05. The van der Waals surface area contributed by atoms with Gasteiger partial charge in [0.25, 0.3) is 5.91 Å². The van der Waals surface area contributed by atoms with Crippen LogP contribution in [0.1, 0.15) is 16.8 Å². The number of benzene rings is 1. The zero-order valence-electron chi connectivity index (χ0n) is 9.11. The second kappa shape index (κ2) is 5.77. The molecule has 0 bridgehead atoms. The Morgan fingerprint density at radius 3 is 2.33 bits per heavy atom. The quantitative estimate of drug-likeness (QED) is 0.791. The standard InChI is InChI=1S/C12H9F2NO3/c1-2-3-10(12(17)18)15-11(16)7-4-8(13)6-9(14)5-7/h1,4-6,10H,3H2,(H,15,16)(H,17,18)/t10-/m0/s1. The first-order valence-electron chi connectivity index (χ1n) is 4.87. The van der Waals surface area contributed by atoms with Crippen LogP contribution in [0, 0.1) is 24.0 Å². The number of rotatable bonds is 4. The number of terminal acetylenes is 1. The summed E-state index contributed by atoms with van der Waals surface area (Å²) in [6, 6.07) is 0.904. The zero-order valence-corrected chi connectivity index (χ0v) is 9.11. The molecule has 1 aromatic carbocycles. The van der Waals surface area contributed by atoms with Gasteiger partial charge in [0.05, 0.1) is 0 Å². The molecule has 6 heteroatoms. The fourth-order valence-corrected chi connectivity index (χ4v) is 1.24. The van der Waals surface area contributed by atoms with E-state index in [1.165, 1.54) is 0 Å². The maximum absolute atomic E-state index is 12.9. The SMILES string of the molecule is C#CC[C@H](NC(=O)c1cc(F)cc(F)c1)C(=O)O. The van der Waals surface area contributed by atoms with Crippen LogP contribution < -0.4 is 5.32 Å². The normalized spacial score (nSPS) is 11.4. The summed E-state index contributed by atoms with van der Waals surface area (Å²) in [6.07, 6.45) is 4.72. The third-order valence-electron chi connectivity index (χ3n) is 2.05. The Kier molecular flexibility index (Phi) is 4.38. The number of carboxylic acid groups (broad SMARTS) is 1. The number of carboxylic acids is 1. The van der Waals surface area contributed by atoms with E-state index in [0.717, 1.165) is 12.1 Å². The lowest BCUT2D eigenvalue weighted by atomic mass is 10.1. The number of hydrogen-bond donors (Lipinski definition) is 2. The highest BCUT2D eigenvalue weighted by atomic mass is 19.1. The van der Waals surface area contributed by atoms with Crippen LogP contribution in [0.2, 0.25) is 0 Å². The van der Waals surface area contributed by atoms with Gasteiger partial charge in [0.15, 0.2) is 0 Å². The van der Waals surface area contributed by atoms with Gasteiger partial charge in [0.2, 0.25) is 0 Å². The van der Waals surface area contributed by atoms with Gasteiger partial charge in [0, 0.05) is 18.1 Å². The molecule has 4 nitrogen and oxygen atoms in total. The Morgan fingerprint density at radius 1 is 1.33 bits per heavy atom. The largest absolute Gasteiger partial charge is 0.480 e. The summed E-state index contributed by atoms with van der Waals surface area (Å²) in [6.45, 7) is 0. The van der Waals surface area contributed by atoms with Gasteiger partial charge in [0.1, 0.15) is 17.7 Å². The topological polar surface area (TPSA) is 66.4 Å². The van der Waals surface area contributed by atoms with E-state index < -0.39 is 29.6 Å². The number of halogens is 2. The van der Waals surface area contributed by atoms with Gasteiger partial charge in [-0.05, 0) is 12.1 Å². The zero-order chi connectivity index (χ0) is 13.7. The maximum atomic E-state index is 12.9. The average Bonchev–Trinajstić information content (AvgIpc) is 2.26. The molecule has 0 aliphatic heterocycles. The van der Waals surface area contributed by atoms with Crippen LogP contribution in [0.5, 0.6) is 0 Å². The van der Waals surface area contributed by atoms with E-state index in [4.69, 9.17) is 11.5 Å². The van der Waals surface area contributed by atoms with Crippen molar-refractivity contribution in [2.24, 2.45) is 0 Å². The third kappa shape index (κ3) is 3.56. The van der Waals surface area contributed by atoms with Crippen molar-refractivity contribution in [3.8, 4) is 12.3 Å². The van der Waals surface area contributed by atoms with Gasteiger partial charge < -0.3 is 10.4 Å². The molecule has 18 heavy (non-hydrogen) atoms. The van der Waals surface area contributed by atoms with E-state index >= 15 is 0 Å². The molecule has 0 radical (unpaired) electrons. The van der Waals surface area contributed by atoms with E-state index in [-0.39, 0.29) is 12.0 Å². The van der Waals surface area contributed by atoms with Crippen molar-refractivity contribution in [3.05, 3.63) is 35.4 Å². The van der Waals surface area contributed by atoms with Crippen LogP contribution in [-0.2, 0) is 4.79 Å². The molecule has 94 valence electrons. The molecule has 0 heterocycles. The molecule has 1 amide bonds. The highest BCUT2D eigenvalue weighted by molar-refractivity contribution is 5.96. The smallest absolute Gasteiger partial charge is 0.327 e. The molecule has 0 unspecified atom stereocenters. The minimum Gasteiger partial charge on any atom is -0.480 e. The predicted octanol–water partition coefficient (Wildman–Crippen LogP) is 1.17.